The molecule has 126 valence electrons. The minimum Gasteiger partial charge on any atom is -0.488 e. The molecular weight excluding hydrogens is 316 g/mol. The van der Waals surface area contributed by atoms with Gasteiger partial charge in [0, 0.05) is 5.56 Å². The monoisotopic (exact) mass is 336 g/mol. The first kappa shape index (κ1) is 16.2. The molecule has 0 fully saturated rings. The molecule has 0 N–H and O–H groups in total. The van der Waals surface area contributed by atoms with Crippen molar-refractivity contribution in [1.29, 1.82) is 0 Å². The van der Waals surface area contributed by atoms with Crippen molar-refractivity contribution in [2.75, 3.05) is 0 Å². The van der Waals surface area contributed by atoms with E-state index in [-0.39, 0.29) is 0 Å². The highest BCUT2D eigenvalue weighted by Gasteiger charge is 2.07. The van der Waals surface area contributed by atoms with Gasteiger partial charge in [0.25, 0.3) is 0 Å². The van der Waals surface area contributed by atoms with Gasteiger partial charge in [-0.15, -0.1) is 0 Å². The normalized spacial score (nSPS) is 11.1. The minimum atomic E-state index is 0.561. The van der Waals surface area contributed by atoms with Gasteiger partial charge in [-0.2, -0.15) is 0 Å². The second-order valence-corrected chi connectivity index (χ2v) is 6.22. The summed E-state index contributed by atoms with van der Waals surface area (Å²) in [4.78, 5) is 0. The van der Waals surface area contributed by atoms with E-state index in [1.54, 1.807) is 0 Å². The van der Waals surface area contributed by atoms with Crippen molar-refractivity contribution in [3.8, 4) is 5.75 Å². The maximum atomic E-state index is 6.17. The van der Waals surface area contributed by atoms with Crippen LogP contribution in [0.1, 0.15) is 16.7 Å². The number of benzene rings is 4. The Hall–Kier alpha value is -3.32. The van der Waals surface area contributed by atoms with E-state index in [0.29, 0.717) is 6.61 Å². The summed E-state index contributed by atoms with van der Waals surface area (Å²) in [5.74, 6) is 0.903. The summed E-state index contributed by atoms with van der Waals surface area (Å²) in [5, 5.41) is 2.41. The Morgan fingerprint density at radius 3 is 2.12 bits per heavy atom. The molecular formula is C25H20O. The Kier molecular flexibility index (Phi) is 4.79. The second kappa shape index (κ2) is 7.71. The molecule has 26 heavy (non-hydrogen) atoms. The first-order valence-corrected chi connectivity index (χ1v) is 8.82. The Morgan fingerprint density at radius 1 is 0.615 bits per heavy atom. The molecule has 0 amide bonds. The smallest absolute Gasteiger partial charge is 0.127 e. The zero-order chi connectivity index (χ0) is 17.6. The number of hydrogen-bond donors (Lipinski definition) is 0. The maximum Gasteiger partial charge on any atom is 0.127 e. The largest absolute Gasteiger partial charge is 0.488 e. The molecule has 1 nitrogen and oxygen atoms in total. The van der Waals surface area contributed by atoms with E-state index >= 15 is 0 Å². The molecule has 4 aromatic carbocycles. The third-order valence-electron chi connectivity index (χ3n) is 4.41. The third kappa shape index (κ3) is 3.68. The van der Waals surface area contributed by atoms with Gasteiger partial charge in [-0.25, -0.2) is 0 Å². The third-order valence-corrected chi connectivity index (χ3v) is 4.41. The van der Waals surface area contributed by atoms with Crippen LogP contribution in [-0.4, -0.2) is 0 Å². The standard InChI is InChI=1S/C25H20O/c1-3-9-20(10-4-1)15-17-24-23-14-8-7-13-22(23)16-18-25(24)26-19-21-11-5-2-6-12-21/h1-18H,19H2. The van der Waals surface area contributed by atoms with Crippen molar-refractivity contribution in [1.82, 2.24) is 0 Å². The Balaban J connectivity index is 1.71. The van der Waals surface area contributed by atoms with Gasteiger partial charge in [0.1, 0.15) is 12.4 Å². The Labute approximate surface area is 154 Å². The van der Waals surface area contributed by atoms with E-state index in [1.807, 2.05) is 24.3 Å². The van der Waals surface area contributed by atoms with E-state index < -0.39 is 0 Å². The molecule has 0 saturated carbocycles. The molecule has 0 aromatic heterocycles. The summed E-state index contributed by atoms with van der Waals surface area (Å²) in [5.41, 5.74) is 3.45. The van der Waals surface area contributed by atoms with Crippen LogP contribution in [0.2, 0.25) is 0 Å². The molecule has 0 saturated heterocycles. The molecule has 0 bridgehead atoms. The van der Waals surface area contributed by atoms with Crippen molar-refractivity contribution < 1.29 is 4.74 Å². The fourth-order valence-electron chi connectivity index (χ4n) is 3.05. The highest BCUT2D eigenvalue weighted by Crippen LogP contribution is 2.30. The number of hydrogen-bond acceptors (Lipinski definition) is 1. The van der Waals surface area contributed by atoms with Gasteiger partial charge in [-0.3, -0.25) is 0 Å². The fourth-order valence-corrected chi connectivity index (χ4v) is 3.05. The molecule has 0 aliphatic carbocycles. The first-order chi connectivity index (χ1) is 12.9. The van der Waals surface area contributed by atoms with Crippen molar-refractivity contribution in [2.24, 2.45) is 0 Å². The summed E-state index contributed by atoms with van der Waals surface area (Å²) in [6, 6.07) is 33.2. The highest BCUT2D eigenvalue weighted by atomic mass is 16.5. The molecule has 4 rings (SSSR count). The van der Waals surface area contributed by atoms with Gasteiger partial charge in [0.15, 0.2) is 0 Å². The Morgan fingerprint density at radius 2 is 1.31 bits per heavy atom. The SMILES string of the molecule is C(=Cc1c(OCc2ccccc2)ccc2ccccc12)c1ccccc1. The average molecular weight is 336 g/mol. The van der Waals surface area contributed by atoms with E-state index in [9.17, 15) is 0 Å². The Bertz CT molecular complexity index is 1020. The molecule has 0 atom stereocenters. The van der Waals surface area contributed by atoms with Crippen LogP contribution >= 0.6 is 0 Å². The van der Waals surface area contributed by atoms with Crippen LogP contribution in [0.25, 0.3) is 22.9 Å². The van der Waals surface area contributed by atoms with Crippen LogP contribution in [0.15, 0.2) is 97.1 Å². The van der Waals surface area contributed by atoms with E-state index in [0.717, 1.165) is 11.3 Å². The zero-order valence-corrected chi connectivity index (χ0v) is 14.5. The van der Waals surface area contributed by atoms with Crippen LogP contribution in [0.5, 0.6) is 5.75 Å². The second-order valence-electron chi connectivity index (χ2n) is 6.22. The molecule has 0 heterocycles. The van der Waals surface area contributed by atoms with Crippen LogP contribution in [0, 0.1) is 0 Å². The zero-order valence-electron chi connectivity index (χ0n) is 14.5. The average Bonchev–Trinajstić information content (AvgIpc) is 2.72. The summed E-state index contributed by atoms with van der Waals surface area (Å²) >= 11 is 0. The lowest BCUT2D eigenvalue weighted by Crippen LogP contribution is -1.97. The number of rotatable bonds is 5. The van der Waals surface area contributed by atoms with Gasteiger partial charge >= 0.3 is 0 Å². The van der Waals surface area contributed by atoms with Crippen molar-refractivity contribution >= 4 is 22.9 Å². The predicted molar refractivity (Wildman–Crippen MR) is 110 cm³/mol. The van der Waals surface area contributed by atoms with Crippen molar-refractivity contribution in [3.05, 3.63) is 114 Å². The van der Waals surface area contributed by atoms with Crippen molar-refractivity contribution in [3.63, 3.8) is 0 Å². The topological polar surface area (TPSA) is 9.23 Å². The number of fused-ring (bicyclic) bond motifs is 1. The van der Waals surface area contributed by atoms with Crippen LogP contribution in [0.4, 0.5) is 0 Å². The van der Waals surface area contributed by atoms with Gasteiger partial charge < -0.3 is 4.74 Å². The van der Waals surface area contributed by atoms with Crippen LogP contribution in [0.3, 0.4) is 0 Å². The van der Waals surface area contributed by atoms with Gasteiger partial charge in [-0.05, 0) is 28.0 Å². The molecule has 0 aliphatic rings. The highest BCUT2D eigenvalue weighted by molar-refractivity contribution is 5.95. The molecule has 4 aromatic rings. The molecule has 1 heteroatoms. The summed E-state index contributed by atoms with van der Waals surface area (Å²) in [6.07, 6.45) is 4.29. The lowest BCUT2D eigenvalue weighted by Gasteiger charge is -2.12. The summed E-state index contributed by atoms with van der Waals surface area (Å²) in [7, 11) is 0. The van der Waals surface area contributed by atoms with Gasteiger partial charge in [0.05, 0.1) is 0 Å². The summed E-state index contributed by atoms with van der Waals surface area (Å²) < 4.78 is 6.17. The van der Waals surface area contributed by atoms with Crippen molar-refractivity contribution in [2.45, 2.75) is 6.61 Å². The van der Waals surface area contributed by atoms with Gasteiger partial charge in [-0.1, -0.05) is 103 Å². The lowest BCUT2D eigenvalue weighted by atomic mass is 10.0. The van der Waals surface area contributed by atoms with Gasteiger partial charge in [0.2, 0.25) is 0 Å². The molecule has 0 radical (unpaired) electrons. The predicted octanol–water partition coefficient (Wildman–Crippen LogP) is 6.59. The van der Waals surface area contributed by atoms with E-state index in [1.165, 1.54) is 21.9 Å². The summed E-state index contributed by atoms with van der Waals surface area (Å²) in [6.45, 7) is 0.561. The molecule has 0 aliphatic heterocycles. The minimum absolute atomic E-state index is 0.561. The van der Waals surface area contributed by atoms with E-state index in [4.69, 9.17) is 4.74 Å². The first-order valence-electron chi connectivity index (χ1n) is 8.82. The molecule has 0 spiro atoms. The maximum absolute atomic E-state index is 6.17. The van der Waals surface area contributed by atoms with E-state index in [2.05, 4.69) is 84.9 Å². The molecule has 0 unspecified atom stereocenters. The fraction of sp³-hybridized carbons (Fsp3) is 0.0400. The quantitative estimate of drug-likeness (QED) is 0.374. The van der Waals surface area contributed by atoms with Crippen LogP contribution in [-0.2, 0) is 6.61 Å². The number of ether oxygens (including phenoxy) is 1. The van der Waals surface area contributed by atoms with Crippen LogP contribution < -0.4 is 4.74 Å². The lowest BCUT2D eigenvalue weighted by molar-refractivity contribution is 0.306.